The van der Waals surface area contributed by atoms with E-state index in [1.54, 1.807) is 0 Å². The number of nitrogens with one attached hydrogen (secondary N) is 1. The van der Waals surface area contributed by atoms with Crippen LogP contribution in [0.1, 0.15) is 31.9 Å². The molecule has 0 saturated carbocycles. The van der Waals surface area contributed by atoms with Crippen LogP contribution in [-0.4, -0.2) is 28.9 Å². The molecule has 0 spiro atoms. The molecule has 5 heteroatoms. The Bertz CT molecular complexity index is 397. The van der Waals surface area contributed by atoms with E-state index in [1.807, 2.05) is 13.8 Å². The van der Waals surface area contributed by atoms with Gasteiger partial charge in [0.2, 0.25) is 0 Å². The van der Waals surface area contributed by atoms with Crippen molar-refractivity contribution >= 4 is 0 Å². The molecule has 1 unspecified atom stereocenters. The van der Waals surface area contributed by atoms with Crippen LogP contribution in [0.25, 0.3) is 0 Å². The minimum absolute atomic E-state index is 0.0183. The monoisotopic (exact) mass is 259 g/mol. The normalized spacial score (nSPS) is 13.7. The second-order valence-electron chi connectivity index (χ2n) is 4.92. The van der Waals surface area contributed by atoms with Gasteiger partial charge in [-0.05, 0) is 38.5 Å². The van der Waals surface area contributed by atoms with Crippen LogP contribution < -0.4 is 5.32 Å². The molecule has 102 valence electrons. The Labute approximate surface area is 105 Å². The molecule has 3 N–H and O–H groups in total. The summed E-state index contributed by atoms with van der Waals surface area (Å²) < 4.78 is 26.4. The van der Waals surface area contributed by atoms with E-state index in [4.69, 9.17) is 5.11 Å². The number of hydrogen-bond donors (Lipinski definition) is 3. The predicted molar refractivity (Wildman–Crippen MR) is 65.1 cm³/mol. The molecule has 0 aliphatic carbocycles. The van der Waals surface area contributed by atoms with Crippen LogP contribution in [0.5, 0.6) is 0 Å². The molecule has 1 atom stereocenters. The molecule has 0 aliphatic heterocycles. The Morgan fingerprint density at radius 3 is 2.61 bits per heavy atom. The summed E-state index contributed by atoms with van der Waals surface area (Å²) in [5, 5.41) is 21.7. The van der Waals surface area contributed by atoms with Gasteiger partial charge in [0.15, 0.2) is 0 Å². The van der Waals surface area contributed by atoms with Crippen molar-refractivity contribution in [1.82, 2.24) is 5.32 Å². The van der Waals surface area contributed by atoms with E-state index in [-0.39, 0.29) is 24.3 Å². The van der Waals surface area contributed by atoms with Crippen molar-refractivity contribution in [2.75, 3.05) is 13.2 Å². The number of aliphatic hydroxyl groups is 2. The van der Waals surface area contributed by atoms with Crippen LogP contribution in [0.15, 0.2) is 18.2 Å². The van der Waals surface area contributed by atoms with Gasteiger partial charge in [0.25, 0.3) is 0 Å². The highest BCUT2D eigenvalue weighted by atomic mass is 19.1. The second-order valence-corrected chi connectivity index (χ2v) is 4.92. The van der Waals surface area contributed by atoms with Crippen molar-refractivity contribution in [2.24, 2.45) is 0 Å². The van der Waals surface area contributed by atoms with E-state index in [2.05, 4.69) is 5.32 Å². The van der Waals surface area contributed by atoms with Crippen molar-refractivity contribution in [1.29, 1.82) is 0 Å². The third-order valence-electron chi connectivity index (χ3n) is 2.83. The fourth-order valence-electron chi connectivity index (χ4n) is 1.62. The maximum Gasteiger partial charge on any atom is 0.129 e. The molecule has 3 nitrogen and oxygen atoms in total. The molecule has 1 aromatic carbocycles. The molecule has 0 bridgehead atoms. The smallest absolute Gasteiger partial charge is 0.129 e. The lowest BCUT2D eigenvalue weighted by molar-refractivity contribution is 0.147. The number of halogens is 2. The zero-order valence-corrected chi connectivity index (χ0v) is 10.6. The van der Waals surface area contributed by atoms with Crippen molar-refractivity contribution in [2.45, 2.75) is 31.9 Å². The van der Waals surface area contributed by atoms with Gasteiger partial charge in [0.1, 0.15) is 11.6 Å². The Balaban J connectivity index is 2.65. The molecule has 0 aromatic heterocycles. The van der Waals surface area contributed by atoms with E-state index >= 15 is 0 Å². The molecule has 1 rings (SSSR count). The van der Waals surface area contributed by atoms with Gasteiger partial charge in [0.05, 0.1) is 6.10 Å². The number of aliphatic hydroxyl groups excluding tert-OH is 2. The molecular weight excluding hydrogens is 240 g/mol. The summed E-state index contributed by atoms with van der Waals surface area (Å²) in [6.07, 6.45) is -0.621. The molecule has 0 saturated heterocycles. The second kappa shape index (κ2) is 6.22. The molecule has 0 radical (unpaired) electrons. The Morgan fingerprint density at radius 2 is 2.00 bits per heavy atom. The number of benzene rings is 1. The minimum Gasteiger partial charge on any atom is -0.396 e. The van der Waals surface area contributed by atoms with Crippen LogP contribution in [0.4, 0.5) is 8.78 Å². The summed E-state index contributed by atoms with van der Waals surface area (Å²) in [6, 6.07) is 2.99. The minimum atomic E-state index is -1.13. The Morgan fingerprint density at radius 1 is 1.33 bits per heavy atom. The van der Waals surface area contributed by atoms with Crippen LogP contribution in [0.3, 0.4) is 0 Å². The first kappa shape index (κ1) is 15.0. The van der Waals surface area contributed by atoms with Gasteiger partial charge < -0.3 is 15.5 Å². The third kappa shape index (κ3) is 4.33. The van der Waals surface area contributed by atoms with Crippen molar-refractivity contribution in [3.8, 4) is 0 Å². The van der Waals surface area contributed by atoms with Gasteiger partial charge in [-0.1, -0.05) is 0 Å². The van der Waals surface area contributed by atoms with Gasteiger partial charge in [0, 0.05) is 24.3 Å². The SMILES string of the molecule is CC(C)(CCO)NCC(O)c1cc(F)ccc1F. The molecular formula is C13H19F2NO2. The molecule has 0 fully saturated rings. The fourth-order valence-corrected chi connectivity index (χ4v) is 1.62. The van der Waals surface area contributed by atoms with Crippen LogP contribution in [-0.2, 0) is 0 Å². The summed E-state index contributed by atoms with van der Waals surface area (Å²) in [7, 11) is 0. The highest BCUT2D eigenvalue weighted by Crippen LogP contribution is 2.19. The van der Waals surface area contributed by atoms with Gasteiger partial charge in [-0.3, -0.25) is 0 Å². The largest absolute Gasteiger partial charge is 0.396 e. The van der Waals surface area contributed by atoms with Gasteiger partial charge >= 0.3 is 0 Å². The highest BCUT2D eigenvalue weighted by molar-refractivity contribution is 5.21. The fraction of sp³-hybridized carbons (Fsp3) is 0.538. The van der Waals surface area contributed by atoms with Crippen LogP contribution >= 0.6 is 0 Å². The zero-order valence-electron chi connectivity index (χ0n) is 10.6. The first-order valence-corrected chi connectivity index (χ1v) is 5.84. The zero-order chi connectivity index (χ0) is 13.8. The molecule has 18 heavy (non-hydrogen) atoms. The van der Waals surface area contributed by atoms with E-state index in [0.29, 0.717) is 6.42 Å². The first-order valence-electron chi connectivity index (χ1n) is 5.84. The highest BCUT2D eigenvalue weighted by Gasteiger charge is 2.20. The quantitative estimate of drug-likeness (QED) is 0.729. The summed E-state index contributed by atoms with van der Waals surface area (Å²) in [6.45, 7) is 3.83. The number of β-amino-alcohol motifs (C(OH)–C–C–N with tert-alkyl or cyclic N) is 1. The van der Waals surface area contributed by atoms with Crippen molar-refractivity contribution in [3.05, 3.63) is 35.4 Å². The average molecular weight is 259 g/mol. The predicted octanol–water partition coefficient (Wildman–Crippen LogP) is 1.75. The van der Waals surface area contributed by atoms with Crippen LogP contribution in [0.2, 0.25) is 0 Å². The summed E-state index contributed by atoms with van der Waals surface area (Å²) in [5.41, 5.74) is -0.443. The number of hydrogen-bond acceptors (Lipinski definition) is 3. The maximum absolute atomic E-state index is 13.4. The molecule has 0 amide bonds. The van der Waals surface area contributed by atoms with E-state index in [1.165, 1.54) is 0 Å². The third-order valence-corrected chi connectivity index (χ3v) is 2.83. The van der Waals surface area contributed by atoms with Crippen molar-refractivity contribution in [3.63, 3.8) is 0 Å². The van der Waals surface area contributed by atoms with E-state index in [0.717, 1.165) is 18.2 Å². The summed E-state index contributed by atoms with van der Waals surface area (Å²) in [4.78, 5) is 0. The number of rotatable bonds is 6. The lowest BCUT2D eigenvalue weighted by Crippen LogP contribution is -2.42. The maximum atomic E-state index is 13.4. The summed E-state index contributed by atoms with van der Waals surface area (Å²) in [5.74, 6) is -1.22. The van der Waals surface area contributed by atoms with Crippen LogP contribution in [0, 0.1) is 11.6 Å². The van der Waals surface area contributed by atoms with Gasteiger partial charge in [-0.2, -0.15) is 0 Å². The lowest BCUT2D eigenvalue weighted by atomic mass is 10.00. The Kier molecular flexibility index (Phi) is 5.19. The van der Waals surface area contributed by atoms with Crippen molar-refractivity contribution < 1.29 is 19.0 Å². The molecule has 1 aromatic rings. The molecule has 0 aliphatic rings. The Hall–Kier alpha value is -1.04. The lowest BCUT2D eigenvalue weighted by Gasteiger charge is -2.27. The standard InChI is InChI=1S/C13H19F2NO2/c1-13(2,5-6-17)16-8-12(18)10-7-9(14)3-4-11(10)15/h3-4,7,12,16-18H,5-6,8H2,1-2H3. The first-order chi connectivity index (χ1) is 8.35. The van der Waals surface area contributed by atoms with Gasteiger partial charge in [-0.25, -0.2) is 8.78 Å². The van der Waals surface area contributed by atoms with Gasteiger partial charge in [-0.15, -0.1) is 0 Å². The summed E-state index contributed by atoms with van der Waals surface area (Å²) >= 11 is 0. The molecule has 0 heterocycles. The average Bonchev–Trinajstić information content (AvgIpc) is 2.29. The topological polar surface area (TPSA) is 52.5 Å². The van der Waals surface area contributed by atoms with E-state index < -0.39 is 17.7 Å². The van der Waals surface area contributed by atoms with E-state index in [9.17, 15) is 13.9 Å².